The van der Waals surface area contributed by atoms with Gasteiger partial charge < -0.3 is 14.2 Å². The smallest absolute Gasteiger partial charge is 0.204 e. The zero-order valence-electron chi connectivity index (χ0n) is 15.8. The van der Waals surface area contributed by atoms with Gasteiger partial charge in [0.2, 0.25) is 5.75 Å². The average molecular weight is 342 g/mol. The number of carbonyl (C=O) groups excluding carboxylic acids is 1. The van der Waals surface area contributed by atoms with Gasteiger partial charge in [-0.05, 0) is 37.0 Å². The zero-order chi connectivity index (χ0) is 18.6. The van der Waals surface area contributed by atoms with Gasteiger partial charge in [0.1, 0.15) is 12.0 Å². The van der Waals surface area contributed by atoms with Crippen molar-refractivity contribution in [3.8, 4) is 23.0 Å². The highest BCUT2D eigenvalue weighted by Crippen LogP contribution is 2.43. The van der Waals surface area contributed by atoms with Crippen LogP contribution in [0.2, 0.25) is 0 Å². The number of benzene rings is 2. The van der Waals surface area contributed by atoms with Crippen LogP contribution >= 0.6 is 0 Å². The molecule has 0 saturated carbocycles. The first-order valence-electron chi connectivity index (χ1n) is 8.39. The molecule has 2 aromatic carbocycles. The molecule has 0 aliphatic heterocycles. The Morgan fingerprint density at radius 3 is 2.32 bits per heavy atom. The summed E-state index contributed by atoms with van der Waals surface area (Å²) in [6.45, 7) is 10.8. The summed E-state index contributed by atoms with van der Waals surface area (Å²) in [6, 6.07) is 9.41. The Balaban J connectivity index is 2.63. The van der Waals surface area contributed by atoms with Crippen molar-refractivity contribution >= 4 is 6.29 Å². The second-order valence-corrected chi connectivity index (χ2v) is 6.90. The SMILES string of the molecule is CCOc1c(OC)cc(C=O)cc1Oc1c(C)cccc1C(C)(C)C. The number of carbonyl (C=O) groups is 1. The second kappa shape index (κ2) is 7.60. The fraction of sp³-hybridized carbons (Fsp3) is 0.381. The molecule has 0 unspecified atom stereocenters. The standard InChI is InChI=1S/C21H26O4/c1-7-24-20-17(23-6)11-15(13-22)12-18(20)25-19-14(2)9-8-10-16(19)21(3,4)5/h8-13H,7H2,1-6H3. The van der Waals surface area contributed by atoms with Crippen LogP contribution in [0, 0.1) is 6.92 Å². The van der Waals surface area contributed by atoms with Gasteiger partial charge in [-0.3, -0.25) is 4.79 Å². The maximum Gasteiger partial charge on any atom is 0.204 e. The first-order chi connectivity index (χ1) is 11.8. The van der Waals surface area contributed by atoms with E-state index in [2.05, 4.69) is 26.8 Å². The fourth-order valence-electron chi connectivity index (χ4n) is 2.67. The lowest BCUT2D eigenvalue weighted by molar-refractivity contribution is 0.112. The number of hydrogen-bond acceptors (Lipinski definition) is 4. The molecule has 25 heavy (non-hydrogen) atoms. The zero-order valence-corrected chi connectivity index (χ0v) is 15.8. The average Bonchev–Trinajstić information content (AvgIpc) is 2.56. The first kappa shape index (κ1) is 18.8. The first-order valence-corrected chi connectivity index (χ1v) is 8.39. The van der Waals surface area contributed by atoms with Crippen LogP contribution in [0.1, 0.15) is 49.2 Å². The number of methoxy groups -OCH3 is 1. The maximum absolute atomic E-state index is 11.3. The van der Waals surface area contributed by atoms with Gasteiger partial charge in [-0.25, -0.2) is 0 Å². The summed E-state index contributed by atoms with van der Waals surface area (Å²) < 4.78 is 17.4. The minimum Gasteiger partial charge on any atom is -0.493 e. The third-order valence-corrected chi connectivity index (χ3v) is 3.92. The molecule has 0 atom stereocenters. The van der Waals surface area contributed by atoms with Gasteiger partial charge in [0.05, 0.1) is 13.7 Å². The molecule has 0 spiro atoms. The normalized spacial score (nSPS) is 11.1. The third-order valence-electron chi connectivity index (χ3n) is 3.92. The van der Waals surface area contributed by atoms with Crippen LogP contribution in [0.25, 0.3) is 0 Å². The number of aldehydes is 1. The van der Waals surface area contributed by atoms with E-state index in [1.54, 1.807) is 19.2 Å². The van der Waals surface area contributed by atoms with E-state index in [-0.39, 0.29) is 5.41 Å². The molecule has 0 heterocycles. The lowest BCUT2D eigenvalue weighted by Crippen LogP contribution is -2.13. The Morgan fingerprint density at radius 1 is 1.08 bits per heavy atom. The van der Waals surface area contributed by atoms with Crippen LogP contribution in [-0.4, -0.2) is 20.0 Å². The van der Waals surface area contributed by atoms with E-state index in [1.807, 2.05) is 26.0 Å². The summed E-state index contributed by atoms with van der Waals surface area (Å²) in [7, 11) is 1.55. The van der Waals surface area contributed by atoms with Crippen LogP contribution in [0.5, 0.6) is 23.0 Å². The van der Waals surface area contributed by atoms with Crippen LogP contribution in [0.3, 0.4) is 0 Å². The highest BCUT2D eigenvalue weighted by atomic mass is 16.5. The van der Waals surface area contributed by atoms with E-state index in [4.69, 9.17) is 14.2 Å². The molecule has 0 aromatic heterocycles. The molecule has 4 heteroatoms. The number of rotatable bonds is 6. The quantitative estimate of drug-likeness (QED) is 0.668. The van der Waals surface area contributed by atoms with E-state index >= 15 is 0 Å². The molecule has 2 rings (SSSR count). The Labute approximate surface area is 149 Å². The highest BCUT2D eigenvalue weighted by molar-refractivity contribution is 5.78. The van der Waals surface area contributed by atoms with Crippen molar-refractivity contribution in [1.29, 1.82) is 0 Å². The molecule has 0 aliphatic rings. The van der Waals surface area contributed by atoms with Crippen molar-refractivity contribution in [3.63, 3.8) is 0 Å². The van der Waals surface area contributed by atoms with Crippen LogP contribution in [-0.2, 0) is 5.41 Å². The molecule has 0 fully saturated rings. The Kier molecular flexibility index (Phi) is 5.73. The van der Waals surface area contributed by atoms with E-state index in [1.165, 1.54) is 0 Å². The monoisotopic (exact) mass is 342 g/mol. The van der Waals surface area contributed by atoms with Gasteiger partial charge in [-0.2, -0.15) is 0 Å². The van der Waals surface area contributed by atoms with E-state index in [0.717, 1.165) is 23.2 Å². The summed E-state index contributed by atoms with van der Waals surface area (Å²) >= 11 is 0. The third kappa shape index (κ3) is 4.13. The van der Waals surface area contributed by atoms with Gasteiger partial charge in [-0.1, -0.05) is 39.0 Å². The summed E-state index contributed by atoms with van der Waals surface area (Å²) in [5.74, 6) is 2.23. The molecular formula is C21H26O4. The maximum atomic E-state index is 11.3. The van der Waals surface area contributed by atoms with Crippen molar-refractivity contribution in [2.75, 3.05) is 13.7 Å². The number of ether oxygens (including phenoxy) is 3. The summed E-state index contributed by atoms with van der Waals surface area (Å²) in [5.41, 5.74) is 2.50. The van der Waals surface area contributed by atoms with Crippen LogP contribution < -0.4 is 14.2 Å². The van der Waals surface area contributed by atoms with Crippen molar-refractivity contribution in [3.05, 3.63) is 47.0 Å². The number of hydrogen-bond donors (Lipinski definition) is 0. The molecule has 2 aromatic rings. The Morgan fingerprint density at radius 2 is 1.76 bits per heavy atom. The van der Waals surface area contributed by atoms with Crippen LogP contribution in [0.4, 0.5) is 0 Å². The minimum absolute atomic E-state index is 0.0838. The van der Waals surface area contributed by atoms with Crippen molar-refractivity contribution in [2.45, 2.75) is 40.0 Å². The fourth-order valence-corrected chi connectivity index (χ4v) is 2.67. The van der Waals surface area contributed by atoms with Gasteiger partial charge in [0.15, 0.2) is 11.5 Å². The predicted octanol–water partition coefficient (Wildman–Crippen LogP) is 5.30. The molecule has 0 aliphatic carbocycles. The van der Waals surface area contributed by atoms with Crippen molar-refractivity contribution in [1.82, 2.24) is 0 Å². The van der Waals surface area contributed by atoms with Crippen LogP contribution in [0.15, 0.2) is 30.3 Å². The summed E-state index contributed by atoms with van der Waals surface area (Å²) in [5, 5.41) is 0. The molecule has 0 saturated heterocycles. The summed E-state index contributed by atoms with van der Waals surface area (Å²) in [6.07, 6.45) is 0.771. The van der Waals surface area contributed by atoms with Crippen molar-refractivity contribution in [2.24, 2.45) is 0 Å². The molecule has 134 valence electrons. The number of para-hydroxylation sites is 1. The minimum atomic E-state index is -0.0838. The predicted molar refractivity (Wildman–Crippen MR) is 99.5 cm³/mol. The van der Waals surface area contributed by atoms with E-state index < -0.39 is 0 Å². The van der Waals surface area contributed by atoms with E-state index in [9.17, 15) is 4.79 Å². The van der Waals surface area contributed by atoms with Gasteiger partial charge in [0.25, 0.3) is 0 Å². The number of aryl methyl sites for hydroxylation is 1. The lowest BCUT2D eigenvalue weighted by Gasteiger charge is -2.25. The van der Waals surface area contributed by atoms with Gasteiger partial charge in [0, 0.05) is 11.1 Å². The molecule has 0 bridgehead atoms. The Bertz CT molecular complexity index is 757. The van der Waals surface area contributed by atoms with E-state index in [0.29, 0.717) is 29.4 Å². The molecule has 4 nitrogen and oxygen atoms in total. The molecule has 0 N–H and O–H groups in total. The second-order valence-electron chi connectivity index (χ2n) is 6.90. The van der Waals surface area contributed by atoms with Crippen molar-refractivity contribution < 1.29 is 19.0 Å². The topological polar surface area (TPSA) is 44.8 Å². The largest absolute Gasteiger partial charge is 0.493 e. The molecule has 0 amide bonds. The Hall–Kier alpha value is -2.49. The summed E-state index contributed by atoms with van der Waals surface area (Å²) in [4.78, 5) is 11.3. The molecular weight excluding hydrogens is 316 g/mol. The van der Waals surface area contributed by atoms with Gasteiger partial charge >= 0.3 is 0 Å². The van der Waals surface area contributed by atoms with Gasteiger partial charge in [-0.15, -0.1) is 0 Å². The highest BCUT2D eigenvalue weighted by Gasteiger charge is 2.23. The molecule has 0 radical (unpaired) electrons. The lowest BCUT2D eigenvalue weighted by atomic mass is 9.85.